The molecule has 1 aliphatic rings. The molecule has 1 saturated carbocycles. The third-order valence-corrected chi connectivity index (χ3v) is 5.84. The van der Waals surface area contributed by atoms with Gasteiger partial charge in [-0.15, -0.1) is 0 Å². The molecule has 0 saturated heterocycles. The minimum absolute atomic E-state index is 0.0266. The summed E-state index contributed by atoms with van der Waals surface area (Å²) >= 11 is 5.93. The van der Waals surface area contributed by atoms with Gasteiger partial charge in [-0.2, -0.15) is 0 Å². The van der Waals surface area contributed by atoms with Crippen molar-refractivity contribution in [3.05, 3.63) is 88.5 Å². The van der Waals surface area contributed by atoms with Crippen molar-refractivity contribution in [1.29, 1.82) is 0 Å². The molecule has 0 radical (unpaired) electrons. The molecule has 0 aliphatic heterocycles. The number of halogens is 2. The number of benzene rings is 2. The van der Waals surface area contributed by atoms with E-state index in [4.69, 9.17) is 11.6 Å². The van der Waals surface area contributed by atoms with Crippen molar-refractivity contribution >= 4 is 41.1 Å². The van der Waals surface area contributed by atoms with Gasteiger partial charge in [0, 0.05) is 16.3 Å². The van der Waals surface area contributed by atoms with Gasteiger partial charge < -0.3 is 10.6 Å². The summed E-state index contributed by atoms with van der Waals surface area (Å²) in [7, 11) is 0. The summed E-state index contributed by atoms with van der Waals surface area (Å²) < 4.78 is 13.1. The van der Waals surface area contributed by atoms with Crippen LogP contribution >= 0.6 is 11.6 Å². The van der Waals surface area contributed by atoms with Gasteiger partial charge in [0.05, 0.1) is 16.8 Å². The Hall–Kier alpha value is -3.58. The van der Waals surface area contributed by atoms with Crippen LogP contribution in [0.2, 0.25) is 5.02 Å². The Balaban J connectivity index is 1.58. The predicted molar refractivity (Wildman–Crippen MR) is 120 cm³/mol. The predicted octanol–water partition coefficient (Wildman–Crippen LogP) is 5.00. The molecule has 0 unspecified atom stereocenters. The number of carbonyl (C=O) groups excluding carboxylic acids is 3. The maximum Gasteiger partial charge on any atom is 0.255 e. The smallest absolute Gasteiger partial charge is 0.255 e. The molecule has 162 valence electrons. The molecule has 6 nitrogen and oxygen atoms in total. The lowest BCUT2D eigenvalue weighted by atomic mass is 9.65. The Kier molecular flexibility index (Phi) is 6.01. The molecule has 8 heteroatoms. The number of nitrogens with one attached hydrogen (secondary N) is 2. The van der Waals surface area contributed by atoms with Crippen LogP contribution in [-0.4, -0.2) is 23.1 Å². The zero-order valence-electron chi connectivity index (χ0n) is 16.9. The van der Waals surface area contributed by atoms with Gasteiger partial charge in [-0.05, 0) is 67.4 Å². The topological polar surface area (TPSA) is 88.2 Å². The molecular weight excluding hydrogens is 433 g/mol. The summed E-state index contributed by atoms with van der Waals surface area (Å²) in [5.74, 6) is -1.10. The third-order valence-electron chi connectivity index (χ3n) is 5.61. The zero-order valence-corrected chi connectivity index (χ0v) is 17.7. The first-order valence-corrected chi connectivity index (χ1v) is 10.4. The van der Waals surface area contributed by atoms with Crippen LogP contribution in [0.3, 0.4) is 0 Å². The maximum absolute atomic E-state index is 13.1. The van der Waals surface area contributed by atoms with Crippen molar-refractivity contribution in [1.82, 2.24) is 4.98 Å². The van der Waals surface area contributed by atoms with Gasteiger partial charge in [0.1, 0.15) is 11.5 Å². The van der Waals surface area contributed by atoms with Crippen molar-refractivity contribution < 1.29 is 18.8 Å². The van der Waals surface area contributed by atoms with Gasteiger partial charge in [0.15, 0.2) is 6.29 Å². The van der Waals surface area contributed by atoms with Crippen LogP contribution in [0, 0.1) is 5.82 Å². The summed E-state index contributed by atoms with van der Waals surface area (Å²) in [5, 5.41) is 5.89. The van der Waals surface area contributed by atoms with E-state index < -0.39 is 17.1 Å². The highest BCUT2D eigenvalue weighted by Crippen LogP contribution is 2.44. The fourth-order valence-electron chi connectivity index (χ4n) is 3.67. The minimum atomic E-state index is -0.887. The number of aromatic nitrogens is 1. The second kappa shape index (κ2) is 8.88. The first-order valence-electron chi connectivity index (χ1n) is 10.0. The van der Waals surface area contributed by atoms with E-state index in [0.717, 1.165) is 6.42 Å². The molecule has 0 spiro atoms. The Morgan fingerprint density at radius 3 is 2.41 bits per heavy atom. The van der Waals surface area contributed by atoms with Gasteiger partial charge in [0.25, 0.3) is 5.91 Å². The Bertz CT molecular complexity index is 1190. The van der Waals surface area contributed by atoms with Crippen LogP contribution in [0.25, 0.3) is 0 Å². The minimum Gasteiger partial charge on any atom is -0.325 e. The van der Waals surface area contributed by atoms with E-state index in [1.807, 2.05) is 0 Å². The third kappa shape index (κ3) is 4.24. The number of anilines is 2. The van der Waals surface area contributed by atoms with E-state index in [-0.39, 0.29) is 17.3 Å². The van der Waals surface area contributed by atoms with Gasteiger partial charge >= 0.3 is 0 Å². The summed E-state index contributed by atoms with van der Waals surface area (Å²) in [5.41, 5.74) is 0.644. The molecule has 32 heavy (non-hydrogen) atoms. The first kappa shape index (κ1) is 21.6. The van der Waals surface area contributed by atoms with Crippen molar-refractivity contribution in [3.8, 4) is 0 Å². The molecule has 0 bridgehead atoms. The number of rotatable bonds is 6. The number of carbonyl (C=O) groups is 3. The van der Waals surface area contributed by atoms with Crippen LogP contribution in [0.4, 0.5) is 15.8 Å². The lowest BCUT2D eigenvalue weighted by Crippen LogP contribution is -2.46. The number of aldehydes is 1. The summed E-state index contributed by atoms with van der Waals surface area (Å²) in [6, 6.07) is 15.1. The molecule has 1 aromatic heterocycles. The molecule has 2 N–H and O–H groups in total. The van der Waals surface area contributed by atoms with Crippen molar-refractivity contribution in [2.24, 2.45) is 0 Å². The van der Waals surface area contributed by atoms with Gasteiger partial charge in [0.2, 0.25) is 5.91 Å². The normalized spacial score (nSPS) is 14.2. The summed E-state index contributed by atoms with van der Waals surface area (Å²) in [4.78, 5) is 41.7. The SMILES string of the molecule is O=Cc1nc(C2(C(=O)Nc3ccc(F)cc3)CCC2)ccc1NC(=O)c1cccc(Cl)c1. The zero-order chi connectivity index (χ0) is 22.7. The number of amides is 2. The quantitative estimate of drug-likeness (QED) is 0.516. The second-order valence-electron chi connectivity index (χ2n) is 7.61. The number of nitrogens with zero attached hydrogens (tertiary/aromatic N) is 1. The number of hydrogen-bond acceptors (Lipinski definition) is 4. The summed E-state index contributed by atoms with van der Waals surface area (Å²) in [6.45, 7) is 0. The Morgan fingerprint density at radius 2 is 1.78 bits per heavy atom. The first-order chi connectivity index (χ1) is 15.4. The monoisotopic (exact) mass is 451 g/mol. The average molecular weight is 452 g/mol. The van der Waals surface area contributed by atoms with Crippen LogP contribution in [0.1, 0.15) is 45.8 Å². The Morgan fingerprint density at radius 1 is 1.03 bits per heavy atom. The highest BCUT2D eigenvalue weighted by atomic mass is 35.5. The van der Waals surface area contributed by atoms with Crippen molar-refractivity contribution in [2.75, 3.05) is 10.6 Å². The lowest BCUT2D eigenvalue weighted by molar-refractivity contribution is -0.124. The molecule has 2 aromatic carbocycles. The van der Waals surface area contributed by atoms with Gasteiger partial charge in [-0.25, -0.2) is 9.37 Å². The van der Waals surface area contributed by atoms with E-state index in [9.17, 15) is 18.8 Å². The molecular formula is C24H19ClFN3O3. The van der Waals surface area contributed by atoms with Crippen molar-refractivity contribution in [3.63, 3.8) is 0 Å². The highest BCUT2D eigenvalue weighted by molar-refractivity contribution is 6.31. The average Bonchev–Trinajstić information content (AvgIpc) is 2.75. The second-order valence-corrected chi connectivity index (χ2v) is 8.04. The van der Waals surface area contributed by atoms with E-state index >= 15 is 0 Å². The van der Waals surface area contributed by atoms with E-state index in [1.165, 1.54) is 30.3 Å². The van der Waals surface area contributed by atoms with E-state index in [2.05, 4.69) is 15.6 Å². The molecule has 2 amide bonds. The van der Waals surface area contributed by atoms with Gasteiger partial charge in [-0.3, -0.25) is 14.4 Å². The fraction of sp³-hybridized carbons (Fsp3) is 0.167. The largest absolute Gasteiger partial charge is 0.325 e. The van der Waals surface area contributed by atoms with Crippen LogP contribution < -0.4 is 10.6 Å². The Labute approximate surface area is 188 Å². The standard InChI is InChI=1S/C24H19ClFN3O3/c25-16-4-1-3-15(13-16)22(31)29-19-9-10-21(28-20(19)14-30)24(11-2-12-24)23(32)27-18-7-5-17(26)6-8-18/h1,3-10,13-14H,2,11-12H2,(H,27,32)(H,29,31). The van der Waals surface area contributed by atoms with Crippen LogP contribution in [0.15, 0.2) is 60.7 Å². The lowest BCUT2D eigenvalue weighted by Gasteiger charge is -2.39. The molecule has 1 heterocycles. The number of pyridine rings is 1. The molecule has 1 aliphatic carbocycles. The van der Waals surface area contributed by atoms with Gasteiger partial charge in [-0.1, -0.05) is 24.1 Å². The molecule has 1 fully saturated rings. The van der Waals surface area contributed by atoms with Crippen molar-refractivity contribution in [2.45, 2.75) is 24.7 Å². The summed E-state index contributed by atoms with van der Waals surface area (Å²) in [6.07, 6.45) is 2.52. The van der Waals surface area contributed by atoms with E-state index in [1.54, 1.807) is 30.3 Å². The molecule has 4 rings (SSSR count). The van der Waals surface area contributed by atoms with Crippen LogP contribution in [0.5, 0.6) is 0 Å². The van der Waals surface area contributed by atoms with E-state index in [0.29, 0.717) is 41.1 Å². The molecule has 3 aromatic rings. The van der Waals surface area contributed by atoms with Crippen LogP contribution in [-0.2, 0) is 10.2 Å². The molecule has 0 atom stereocenters. The maximum atomic E-state index is 13.1. The number of hydrogen-bond donors (Lipinski definition) is 2. The fourth-order valence-corrected chi connectivity index (χ4v) is 3.87. The highest BCUT2D eigenvalue weighted by Gasteiger charge is 2.47.